The van der Waals surface area contributed by atoms with Crippen molar-refractivity contribution in [2.45, 2.75) is 13.0 Å². The van der Waals surface area contributed by atoms with E-state index in [2.05, 4.69) is 0 Å². The van der Waals surface area contributed by atoms with Crippen molar-refractivity contribution in [1.82, 2.24) is 4.57 Å². The summed E-state index contributed by atoms with van der Waals surface area (Å²) in [5.74, 6) is 0.625. The average molecular weight is 551 g/mol. The van der Waals surface area contributed by atoms with E-state index in [1.54, 1.807) is 29.7 Å². The number of hydrogen-bond donors (Lipinski definition) is 0. The Kier molecular flexibility index (Phi) is 6.19. The standard InChI is InChI=1S/C27H19ClN2O5S2/c1-2-33-26(32)22-23(15-7-4-3-5-8-15)29-27-30(24(22)20-9-6-10-36-20)25(31)21(37-27)12-16-11-18-19(13-17(16)28)35-14-34-18/h3-13,24H,2,14H2,1H3/b21-12-/t24-/m1/s1. The number of carbonyl (C=O) groups is 1. The molecule has 0 bridgehead atoms. The first kappa shape index (κ1) is 23.7. The van der Waals surface area contributed by atoms with E-state index >= 15 is 0 Å². The summed E-state index contributed by atoms with van der Waals surface area (Å²) in [7, 11) is 0. The molecule has 2 aromatic carbocycles. The molecule has 2 aromatic heterocycles. The van der Waals surface area contributed by atoms with Gasteiger partial charge < -0.3 is 14.2 Å². The van der Waals surface area contributed by atoms with Gasteiger partial charge in [0.2, 0.25) is 6.79 Å². The third-order valence-electron chi connectivity index (χ3n) is 5.96. The van der Waals surface area contributed by atoms with Crippen LogP contribution in [0.3, 0.4) is 0 Å². The lowest BCUT2D eigenvalue weighted by molar-refractivity contribution is -0.138. The zero-order valence-corrected chi connectivity index (χ0v) is 21.9. The minimum absolute atomic E-state index is 0.122. The maximum atomic E-state index is 13.9. The van der Waals surface area contributed by atoms with Crippen LogP contribution < -0.4 is 24.4 Å². The minimum Gasteiger partial charge on any atom is -0.463 e. The molecule has 0 amide bonds. The number of thiophene rings is 1. The van der Waals surface area contributed by atoms with Gasteiger partial charge in [0, 0.05) is 16.5 Å². The molecule has 0 N–H and O–H groups in total. The molecule has 2 aliphatic heterocycles. The number of fused-ring (bicyclic) bond motifs is 2. The van der Waals surface area contributed by atoms with E-state index in [0.717, 1.165) is 10.4 Å². The van der Waals surface area contributed by atoms with Crippen LogP contribution in [-0.4, -0.2) is 23.9 Å². The van der Waals surface area contributed by atoms with Gasteiger partial charge in [-0.3, -0.25) is 9.36 Å². The molecule has 0 saturated heterocycles. The molecule has 10 heteroatoms. The second-order valence-corrected chi connectivity index (χ2v) is 10.6. The van der Waals surface area contributed by atoms with Crippen LogP contribution in [0.5, 0.6) is 11.5 Å². The summed E-state index contributed by atoms with van der Waals surface area (Å²) in [6.45, 7) is 2.08. The van der Waals surface area contributed by atoms with E-state index in [1.165, 1.54) is 22.7 Å². The molecule has 4 aromatic rings. The molecule has 4 heterocycles. The molecule has 1 atom stereocenters. The van der Waals surface area contributed by atoms with Crippen molar-refractivity contribution in [3.8, 4) is 11.5 Å². The Balaban J connectivity index is 1.61. The Bertz CT molecular complexity index is 1720. The lowest BCUT2D eigenvalue weighted by Gasteiger charge is -2.24. The molecule has 7 nitrogen and oxygen atoms in total. The van der Waals surface area contributed by atoms with Gasteiger partial charge in [0.05, 0.1) is 27.4 Å². The van der Waals surface area contributed by atoms with E-state index in [1.807, 2.05) is 47.8 Å². The highest BCUT2D eigenvalue weighted by atomic mass is 35.5. The van der Waals surface area contributed by atoms with Crippen molar-refractivity contribution < 1.29 is 19.0 Å². The summed E-state index contributed by atoms with van der Waals surface area (Å²) in [5.41, 5.74) is 1.94. The Labute approximate surface area is 224 Å². The van der Waals surface area contributed by atoms with Crippen LogP contribution in [0.4, 0.5) is 0 Å². The number of thiazole rings is 1. The number of hydrogen-bond acceptors (Lipinski definition) is 8. The number of carbonyl (C=O) groups excluding carboxylic acids is 1. The quantitative estimate of drug-likeness (QED) is 0.345. The molecule has 0 saturated carbocycles. The maximum Gasteiger partial charge on any atom is 0.338 e. The van der Waals surface area contributed by atoms with Crippen LogP contribution >= 0.6 is 34.3 Å². The monoisotopic (exact) mass is 550 g/mol. The normalized spacial score (nSPS) is 16.5. The SMILES string of the molecule is CCOC(=O)C1=C(c2ccccc2)N=c2s/c(=C\c3cc4c(cc3Cl)OCO4)c(=O)n2[C@@H]1c1cccs1. The van der Waals surface area contributed by atoms with Crippen LogP contribution in [0.15, 0.2) is 75.3 Å². The van der Waals surface area contributed by atoms with Crippen molar-refractivity contribution in [3.63, 3.8) is 0 Å². The number of rotatable bonds is 5. The van der Waals surface area contributed by atoms with Gasteiger partial charge >= 0.3 is 5.97 Å². The highest BCUT2D eigenvalue weighted by Crippen LogP contribution is 2.38. The maximum absolute atomic E-state index is 13.9. The molecule has 37 heavy (non-hydrogen) atoms. The smallest absolute Gasteiger partial charge is 0.338 e. The third kappa shape index (κ3) is 4.19. The molecule has 0 radical (unpaired) electrons. The molecular weight excluding hydrogens is 532 g/mol. The number of aromatic nitrogens is 1. The van der Waals surface area contributed by atoms with Crippen molar-refractivity contribution in [3.05, 3.63) is 106 Å². The zero-order valence-electron chi connectivity index (χ0n) is 19.5. The zero-order chi connectivity index (χ0) is 25.5. The van der Waals surface area contributed by atoms with E-state index in [9.17, 15) is 9.59 Å². The Morgan fingerprint density at radius 3 is 2.70 bits per heavy atom. The minimum atomic E-state index is -0.681. The van der Waals surface area contributed by atoms with E-state index < -0.39 is 12.0 Å². The molecule has 0 spiro atoms. The molecule has 0 aliphatic carbocycles. The summed E-state index contributed by atoms with van der Waals surface area (Å²) in [6.07, 6.45) is 1.72. The highest BCUT2D eigenvalue weighted by Gasteiger charge is 2.35. The predicted octanol–water partition coefficient (Wildman–Crippen LogP) is 4.38. The second kappa shape index (κ2) is 9.66. The lowest BCUT2D eigenvalue weighted by atomic mass is 9.97. The molecule has 6 rings (SSSR count). The van der Waals surface area contributed by atoms with Crippen LogP contribution in [0, 0.1) is 0 Å². The predicted molar refractivity (Wildman–Crippen MR) is 143 cm³/mol. The summed E-state index contributed by atoms with van der Waals surface area (Å²) < 4.78 is 18.3. The number of halogens is 1. The van der Waals surface area contributed by atoms with Gasteiger partial charge in [0.15, 0.2) is 16.3 Å². The Morgan fingerprint density at radius 1 is 1.19 bits per heavy atom. The van der Waals surface area contributed by atoms with Gasteiger partial charge in [0.1, 0.15) is 6.04 Å². The fourth-order valence-electron chi connectivity index (χ4n) is 4.34. The van der Waals surface area contributed by atoms with Gasteiger partial charge in [-0.1, -0.05) is 59.3 Å². The van der Waals surface area contributed by atoms with Gasteiger partial charge in [0.25, 0.3) is 5.56 Å². The number of benzene rings is 2. The summed E-state index contributed by atoms with van der Waals surface area (Å²) in [6, 6.07) is 16.0. The Hall–Kier alpha value is -3.66. The fourth-order valence-corrected chi connectivity index (χ4v) is 6.36. The molecule has 186 valence electrons. The van der Waals surface area contributed by atoms with Crippen LogP contribution in [0.1, 0.15) is 29.0 Å². The van der Waals surface area contributed by atoms with E-state index in [-0.39, 0.29) is 19.0 Å². The first-order chi connectivity index (χ1) is 18.0. The molecule has 0 fully saturated rings. The number of esters is 1. The van der Waals surface area contributed by atoms with Gasteiger partial charge in [-0.2, -0.15) is 0 Å². The number of nitrogens with zero attached hydrogens (tertiary/aromatic N) is 2. The van der Waals surface area contributed by atoms with Gasteiger partial charge in [-0.15, -0.1) is 11.3 Å². The van der Waals surface area contributed by atoms with E-state index in [0.29, 0.717) is 42.7 Å². The van der Waals surface area contributed by atoms with Crippen LogP contribution in [-0.2, 0) is 9.53 Å². The van der Waals surface area contributed by atoms with Gasteiger partial charge in [-0.25, -0.2) is 9.79 Å². The largest absolute Gasteiger partial charge is 0.463 e. The lowest BCUT2D eigenvalue weighted by Crippen LogP contribution is -2.39. The van der Waals surface area contributed by atoms with Crippen molar-refractivity contribution in [2.24, 2.45) is 4.99 Å². The summed E-state index contributed by atoms with van der Waals surface area (Å²) in [4.78, 5) is 33.4. The molecule has 2 aliphatic rings. The third-order valence-corrected chi connectivity index (χ3v) is 8.20. The van der Waals surface area contributed by atoms with Crippen LogP contribution in [0.25, 0.3) is 11.8 Å². The van der Waals surface area contributed by atoms with Crippen molar-refractivity contribution in [1.29, 1.82) is 0 Å². The summed E-state index contributed by atoms with van der Waals surface area (Å²) in [5, 5.41) is 2.35. The van der Waals surface area contributed by atoms with Crippen molar-refractivity contribution in [2.75, 3.05) is 13.4 Å². The molecule has 0 unspecified atom stereocenters. The first-order valence-electron chi connectivity index (χ1n) is 11.5. The van der Waals surface area contributed by atoms with Gasteiger partial charge in [-0.05, 0) is 36.1 Å². The topological polar surface area (TPSA) is 79.1 Å². The summed E-state index contributed by atoms with van der Waals surface area (Å²) >= 11 is 9.20. The number of ether oxygens (including phenoxy) is 3. The first-order valence-corrected chi connectivity index (χ1v) is 13.5. The second-order valence-electron chi connectivity index (χ2n) is 8.17. The van der Waals surface area contributed by atoms with E-state index in [4.69, 9.17) is 30.8 Å². The van der Waals surface area contributed by atoms with Crippen LogP contribution in [0.2, 0.25) is 5.02 Å². The molecular formula is C27H19ClN2O5S2. The Morgan fingerprint density at radius 2 is 1.97 bits per heavy atom. The average Bonchev–Trinajstić information content (AvgIpc) is 3.65. The van der Waals surface area contributed by atoms with Crippen molar-refractivity contribution >= 4 is 52.0 Å². The highest BCUT2D eigenvalue weighted by molar-refractivity contribution is 7.10. The fraction of sp³-hybridized carbons (Fsp3) is 0.148.